The maximum atomic E-state index is 12.5. The predicted octanol–water partition coefficient (Wildman–Crippen LogP) is 1.57. The highest BCUT2D eigenvalue weighted by atomic mass is 16.6. The number of nitrogens with one attached hydrogen (secondary N) is 1. The van der Waals surface area contributed by atoms with Crippen LogP contribution in [0.25, 0.3) is 0 Å². The lowest BCUT2D eigenvalue weighted by molar-refractivity contribution is -0.142. The van der Waals surface area contributed by atoms with E-state index in [1.165, 1.54) is 4.90 Å². The number of carbonyl (C=O) groups excluding carboxylic acids is 2. The smallest absolute Gasteiger partial charge is 0.326 e. The molecule has 2 atom stereocenters. The number of carbonyl (C=O) groups is 3. The number of carboxylic acids is 1. The Balaban J connectivity index is 1.66. The van der Waals surface area contributed by atoms with Crippen LogP contribution in [0.5, 0.6) is 11.5 Å². The molecule has 146 valence electrons. The number of benzene rings is 1. The lowest BCUT2D eigenvalue weighted by Crippen LogP contribution is -2.44. The van der Waals surface area contributed by atoms with Gasteiger partial charge in [-0.1, -0.05) is 19.8 Å². The Morgan fingerprint density at radius 1 is 1.30 bits per heavy atom. The molecule has 3 rings (SSSR count). The molecule has 0 aliphatic carbocycles. The summed E-state index contributed by atoms with van der Waals surface area (Å²) >= 11 is 0. The van der Waals surface area contributed by atoms with Crippen molar-refractivity contribution in [2.45, 2.75) is 38.6 Å². The van der Waals surface area contributed by atoms with Crippen LogP contribution in [0, 0.1) is 5.92 Å². The fourth-order valence-corrected chi connectivity index (χ4v) is 3.29. The van der Waals surface area contributed by atoms with Gasteiger partial charge in [0.15, 0.2) is 11.5 Å². The maximum absolute atomic E-state index is 12.5. The Hall–Kier alpha value is -2.77. The number of hydrogen-bond acceptors (Lipinski definition) is 5. The van der Waals surface area contributed by atoms with Gasteiger partial charge in [-0.05, 0) is 18.6 Å². The van der Waals surface area contributed by atoms with Gasteiger partial charge in [0, 0.05) is 24.7 Å². The van der Waals surface area contributed by atoms with E-state index in [4.69, 9.17) is 9.47 Å². The maximum Gasteiger partial charge on any atom is 0.326 e. The van der Waals surface area contributed by atoms with Gasteiger partial charge in [-0.2, -0.15) is 0 Å². The second-order valence-corrected chi connectivity index (χ2v) is 6.77. The molecule has 0 saturated carbocycles. The lowest BCUT2D eigenvalue weighted by Gasteiger charge is -2.22. The molecule has 2 amide bonds. The lowest BCUT2D eigenvalue weighted by atomic mass is 10.1. The number of hydrogen-bond donors (Lipinski definition) is 2. The van der Waals surface area contributed by atoms with Crippen molar-refractivity contribution < 1.29 is 29.0 Å². The van der Waals surface area contributed by atoms with Crippen LogP contribution in [0.4, 0.5) is 5.69 Å². The third kappa shape index (κ3) is 4.32. The van der Waals surface area contributed by atoms with Crippen LogP contribution in [0.1, 0.15) is 32.6 Å². The molecule has 8 heteroatoms. The highest BCUT2D eigenvalue weighted by Crippen LogP contribution is 2.36. The third-order valence-electron chi connectivity index (χ3n) is 4.79. The fourth-order valence-electron chi connectivity index (χ4n) is 3.29. The summed E-state index contributed by atoms with van der Waals surface area (Å²) in [7, 11) is 0. The summed E-state index contributed by atoms with van der Waals surface area (Å²) in [5, 5.41) is 11.8. The number of unbranched alkanes of at least 4 members (excludes halogenated alkanes) is 1. The number of rotatable bonds is 7. The monoisotopic (exact) mass is 376 g/mol. The van der Waals surface area contributed by atoms with E-state index in [9.17, 15) is 19.5 Å². The van der Waals surface area contributed by atoms with Gasteiger partial charge in [0.1, 0.15) is 19.3 Å². The molecule has 2 heterocycles. The van der Waals surface area contributed by atoms with E-state index in [1.807, 2.05) is 6.92 Å². The minimum atomic E-state index is -1.05. The normalized spacial score (nSPS) is 19.7. The van der Waals surface area contributed by atoms with Crippen molar-refractivity contribution in [3.63, 3.8) is 0 Å². The Bertz CT molecular complexity index is 735. The highest BCUT2D eigenvalue weighted by molar-refractivity contribution is 6.01. The number of fused-ring (bicyclic) bond motifs is 1. The minimum Gasteiger partial charge on any atom is -0.486 e. The SMILES string of the molecule is CCCCC(NC(=O)C1CC(=O)N(c2ccc3c(c2)OCCO3)C1)C(=O)O. The molecular formula is C19H24N2O6. The van der Waals surface area contributed by atoms with Gasteiger partial charge >= 0.3 is 5.97 Å². The van der Waals surface area contributed by atoms with Crippen molar-refractivity contribution in [2.24, 2.45) is 5.92 Å². The Morgan fingerprint density at radius 2 is 2.04 bits per heavy atom. The number of ether oxygens (including phenoxy) is 2. The van der Waals surface area contributed by atoms with E-state index in [1.54, 1.807) is 18.2 Å². The summed E-state index contributed by atoms with van der Waals surface area (Å²) in [6, 6.07) is 4.31. The van der Waals surface area contributed by atoms with Crippen LogP contribution in [0.2, 0.25) is 0 Å². The van der Waals surface area contributed by atoms with Crippen molar-refractivity contribution in [3.8, 4) is 11.5 Å². The minimum absolute atomic E-state index is 0.0559. The largest absolute Gasteiger partial charge is 0.486 e. The van der Waals surface area contributed by atoms with E-state index in [0.29, 0.717) is 43.2 Å². The van der Waals surface area contributed by atoms with E-state index in [0.717, 1.165) is 6.42 Å². The summed E-state index contributed by atoms with van der Waals surface area (Å²) in [6.45, 7) is 3.11. The molecule has 0 bridgehead atoms. The summed E-state index contributed by atoms with van der Waals surface area (Å²) in [4.78, 5) is 37.7. The van der Waals surface area contributed by atoms with Crippen molar-refractivity contribution >= 4 is 23.5 Å². The predicted molar refractivity (Wildman–Crippen MR) is 97.0 cm³/mol. The second kappa shape index (κ2) is 8.28. The number of amides is 2. The van der Waals surface area contributed by atoms with Crippen molar-refractivity contribution in [1.82, 2.24) is 5.32 Å². The molecule has 1 aromatic rings. The summed E-state index contributed by atoms with van der Waals surface area (Å²) in [5.74, 6) is -0.991. The quantitative estimate of drug-likeness (QED) is 0.748. The Labute approximate surface area is 157 Å². The molecule has 2 aliphatic heterocycles. The van der Waals surface area contributed by atoms with Gasteiger partial charge in [-0.3, -0.25) is 9.59 Å². The average Bonchev–Trinajstić information content (AvgIpc) is 3.06. The van der Waals surface area contributed by atoms with Gasteiger partial charge in [-0.25, -0.2) is 4.79 Å². The van der Waals surface area contributed by atoms with Crippen LogP contribution in [0.3, 0.4) is 0 Å². The molecule has 0 radical (unpaired) electrons. The summed E-state index contributed by atoms with van der Waals surface area (Å²) in [5.41, 5.74) is 0.639. The third-order valence-corrected chi connectivity index (χ3v) is 4.79. The second-order valence-electron chi connectivity index (χ2n) is 6.77. The van der Waals surface area contributed by atoms with Crippen molar-refractivity contribution in [1.29, 1.82) is 0 Å². The molecule has 2 N–H and O–H groups in total. The van der Waals surface area contributed by atoms with Gasteiger partial charge in [0.2, 0.25) is 11.8 Å². The van der Waals surface area contributed by atoms with E-state index >= 15 is 0 Å². The first-order chi connectivity index (χ1) is 13.0. The van der Waals surface area contributed by atoms with Gasteiger partial charge in [-0.15, -0.1) is 0 Å². The van der Waals surface area contributed by atoms with Crippen LogP contribution >= 0.6 is 0 Å². The summed E-state index contributed by atoms with van der Waals surface area (Å²) < 4.78 is 11.0. The molecular weight excluding hydrogens is 352 g/mol. The molecule has 0 spiro atoms. The van der Waals surface area contributed by atoms with Gasteiger partial charge in [0.25, 0.3) is 0 Å². The fraction of sp³-hybridized carbons (Fsp3) is 0.526. The first-order valence-corrected chi connectivity index (χ1v) is 9.22. The van der Waals surface area contributed by atoms with Crippen LogP contribution in [-0.2, 0) is 14.4 Å². The number of nitrogens with zero attached hydrogens (tertiary/aromatic N) is 1. The Kier molecular flexibility index (Phi) is 5.83. The highest BCUT2D eigenvalue weighted by Gasteiger charge is 2.36. The molecule has 2 aliphatic rings. The molecule has 8 nitrogen and oxygen atoms in total. The molecule has 1 fully saturated rings. The van der Waals surface area contributed by atoms with E-state index in [2.05, 4.69) is 5.32 Å². The molecule has 1 aromatic carbocycles. The molecule has 1 saturated heterocycles. The van der Waals surface area contributed by atoms with Crippen LogP contribution in [0.15, 0.2) is 18.2 Å². The number of aliphatic carboxylic acids is 1. The number of anilines is 1. The summed E-state index contributed by atoms with van der Waals surface area (Å²) in [6.07, 6.45) is 1.99. The van der Waals surface area contributed by atoms with Gasteiger partial charge < -0.3 is 24.8 Å². The first kappa shape index (κ1) is 19.0. The van der Waals surface area contributed by atoms with Crippen LogP contribution in [-0.4, -0.2) is 48.7 Å². The zero-order valence-electron chi connectivity index (χ0n) is 15.3. The van der Waals surface area contributed by atoms with Gasteiger partial charge in [0.05, 0.1) is 5.92 Å². The molecule has 0 aromatic heterocycles. The van der Waals surface area contributed by atoms with E-state index in [-0.39, 0.29) is 18.9 Å². The molecule has 27 heavy (non-hydrogen) atoms. The zero-order chi connectivity index (χ0) is 19.4. The molecule has 2 unspecified atom stereocenters. The Morgan fingerprint density at radius 3 is 2.74 bits per heavy atom. The van der Waals surface area contributed by atoms with Crippen molar-refractivity contribution in [2.75, 3.05) is 24.7 Å². The van der Waals surface area contributed by atoms with E-state index < -0.39 is 23.8 Å². The number of carboxylic acid groups (broad SMARTS) is 1. The average molecular weight is 376 g/mol. The van der Waals surface area contributed by atoms with Crippen molar-refractivity contribution in [3.05, 3.63) is 18.2 Å². The van der Waals surface area contributed by atoms with Crippen LogP contribution < -0.4 is 19.7 Å². The topological polar surface area (TPSA) is 105 Å². The standard InChI is InChI=1S/C19H24N2O6/c1-2-3-4-14(19(24)25)20-18(23)12-9-17(22)21(11-12)13-5-6-15-16(10-13)27-8-7-26-15/h5-6,10,12,14H,2-4,7-9,11H2,1H3,(H,20,23)(H,24,25). The zero-order valence-corrected chi connectivity index (χ0v) is 15.3. The first-order valence-electron chi connectivity index (χ1n) is 9.22.